The van der Waals surface area contributed by atoms with Gasteiger partial charge in [-0.2, -0.15) is 4.98 Å². The third-order valence-electron chi connectivity index (χ3n) is 4.15. The highest BCUT2D eigenvalue weighted by molar-refractivity contribution is 9.10. The van der Waals surface area contributed by atoms with Crippen molar-refractivity contribution in [3.8, 4) is 11.6 Å². The van der Waals surface area contributed by atoms with E-state index in [4.69, 9.17) is 4.74 Å². The summed E-state index contributed by atoms with van der Waals surface area (Å²) in [5.74, 6) is -3.13. The number of methoxy groups -OCH3 is 1. The van der Waals surface area contributed by atoms with Gasteiger partial charge in [0, 0.05) is 11.6 Å². The molecule has 0 saturated carbocycles. The molecule has 0 aliphatic carbocycles. The lowest BCUT2D eigenvalue weighted by molar-refractivity contribution is 0.0600. The molecule has 10 heteroatoms. The number of carbonyl (C=O) groups is 1. The first-order valence-electron chi connectivity index (χ1n) is 8.47. The second kappa shape index (κ2) is 8.70. The zero-order chi connectivity index (χ0) is 22.0. The van der Waals surface area contributed by atoms with Gasteiger partial charge in [0.25, 0.3) is 5.56 Å². The first kappa shape index (κ1) is 21.6. The Kier molecular flexibility index (Phi) is 6.25. The van der Waals surface area contributed by atoms with Gasteiger partial charge in [-0.3, -0.25) is 9.36 Å². The van der Waals surface area contributed by atoms with E-state index in [9.17, 15) is 22.8 Å². The summed E-state index contributed by atoms with van der Waals surface area (Å²) in [6, 6.07) is 6.51. The van der Waals surface area contributed by atoms with E-state index in [0.29, 0.717) is 6.07 Å². The van der Waals surface area contributed by atoms with Crippen LogP contribution in [0.15, 0.2) is 45.7 Å². The van der Waals surface area contributed by atoms with E-state index in [-0.39, 0.29) is 39.6 Å². The second-order valence-corrected chi connectivity index (χ2v) is 6.89. The van der Waals surface area contributed by atoms with Crippen LogP contribution in [0.1, 0.15) is 21.7 Å². The molecule has 3 aromatic rings. The van der Waals surface area contributed by atoms with Crippen molar-refractivity contribution in [2.75, 3.05) is 7.11 Å². The van der Waals surface area contributed by atoms with Gasteiger partial charge >= 0.3 is 5.97 Å². The summed E-state index contributed by atoms with van der Waals surface area (Å²) in [5.41, 5.74) is -0.759. The van der Waals surface area contributed by atoms with Crippen molar-refractivity contribution in [1.82, 2.24) is 9.55 Å². The number of benzene rings is 2. The summed E-state index contributed by atoms with van der Waals surface area (Å²) in [5, 5.41) is 0. The summed E-state index contributed by atoms with van der Waals surface area (Å²) in [4.78, 5) is 28.4. The van der Waals surface area contributed by atoms with Crippen LogP contribution in [0.3, 0.4) is 0 Å². The minimum atomic E-state index is -0.834. The van der Waals surface area contributed by atoms with Crippen molar-refractivity contribution < 1.29 is 27.4 Å². The van der Waals surface area contributed by atoms with Crippen molar-refractivity contribution in [2.24, 2.45) is 0 Å². The zero-order valence-electron chi connectivity index (χ0n) is 15.7. The first-order chi connectivity index (χ1) is 14.2. The maximum atomic E-state index is 14.6. The highest BCUT2D eigenvalue weighted by Gasteiger charge is 2.19. The third kappa shape index (κ3) is 4.23. The molecule has 0 atom stereocenters. The highest BCUT2D eigenvalue weighted by atomic mass is 79.9. The molecule has 0 aliphatic heterocycles. The number of hydrogen-bond acceptors (Lipinski definition) is 5. The predicted octanol–water partition coefficient (Wildman–Crippen LogP) is 4.09. The van der Waals surface area contributed by atoms with Gasteiger partial charge in [0.05, 0.1) is 18.4 Å². The molecule has 1 aromatic heterocycles. The molecule has 0 spiro atoms. The Morgan fingerprint density at radius 2 is 1.87 bits per heavy atom. The van der Waals surface area contributed by atoms with Crippen LogP contribution < -0.4 is 10.3 Å². The lowest BCUT2D eigenvalue weighted by Gasteiger charge is -2.14. The number of aromatic nitrogens is 2. The van der Waals surface area contributed by atoms with Crippen LogP contribution in [0.5, 0.6) is 5.88 Å². The maximum Gasteiger partial charge on any atom is 0.337 e. The van der Waals surface area contributed by atoms with Gasteiger partial charge < -0.3 is 9.47 Å². The fraction of sp³-hybridized carbons (Fsp3) is 0.150. The zero-order valence-corrected chi connectivity index (χ0v) is 17.3. The number of esters is 1. The molecule has 0 N–H and O–H groups in total. The van der Waals surface area contributed by atoms with Crippen LogP contribution >= 0.6 is 15.9 Å². The van der Waals surface area contributed by atoms with E-state index in [1.165, 1.54) is 32.2 Å². The molecular formula is C20H14BrF3N2O4. The summed E-state index contributed by atoms with van der Waals surface area (Å²) < 4.78 is 52.1. The van der Waals surface area contributed by atoms with Gasteiger partial charge in [-0.05, 0) is 53.2 Å². The predicted molar refractivity (Wildman–Crippen MR) is 104 cm³/mol. The molecule has 0 fully saturated rings. The number of halogens is 4. The number of nitrogens with zero attached hydrogens (tertiary/aromatic N) is 2. The van der Waals surface area contributed by atoms with E-state index in [1.54, 1.807) is 0 Å². The number of rotatable bonds is 5. The molecule has 30 heavy (non-hydrogen) atoms. The van der Waals surface area contributed by atoms with Gasteiger partial charge in [0.2, 0.25) is 5.88 Å². The average Bonchev–Trinajstić information content (AvgIpc) is 2.71. The van der Waals surface area contributed by atoms with Gasteiger partial charge in [-0.1, -0.05) is 0 Å². The first-order valence-corrected chi connectivity index (χ1v) is 9.26. The fourth-order valence-electron chi connectivity index (χ4n) is 2.68. The molecule has 0 aliphatic rings. The SMILES string of the molecule is COC(=O)c1ccc(-n2c(C)nc(OCc3ccc(F)cc3F)c(Br)c2=O)c(F)c1. The lowest BCUT2D eigenvalue weighted by atomic mass is 10.2. The van der Waals surface area contributed by atoms with E-state index in [0.717, 1.165) is 16.7 Å². The number of ether oxygens (including phenoxy) is 2. The number of hydrogen-bond donors (Lipinski definition) is 0. The van der Waals surface area contributed by atoms with Crippen LogP contribution in [0.25, 0.3) is 5.69 Å². The van der Waals surface area contributed by atoms with E-state index < -0.39 is 29.0 Å². The largest absolute Gasteiger partial charge is 0.472 e. The Labute approximate surface area is 177 Å². The smallest absolute Gasteiger partial charge is 0.337 e. The number of carbonyl (C=O) groups excluding carboxylic acids is 1. The minimum Gasteiger partial charge on any atom is -0.472 e. The van der Waals surface area contributed by atoms with Gasteiger partial charge in [-0.15, -0.1) is 0 Å². The molecular weight excluding hydrogens is 469 g/mol. The molecule has 1 heterocycles. The third-order valence-corrected chi connectivity index (χ3v) is 4.83. The van der Waals surface area contributed by atoms with Crippen molar-refractivity contribution in [3.05, 3.63) is 85.6 Å². The Morgan fingerprint density at radius 3 is 2.50 bits per heavy atom. The molecule has 0 unspecified atom stereocenters. The second-order valence-electron chi connectivity index (χ2n) is 6.10. The van der Waals surface area contributed by atoms with Crippen LogP contribution in [0.4, 0.5) is 13.2 Å². The van der Waals surface area contributed by atoms with Crippen molar-refractivity contribution in [3.63, 3.8) is 0 Å². The van der Waals surface area contributed by atoms with Crippen LogP contribution in [-0.2, 0) is 11.3 Å². The Hall–Kier alpha value is -3.14. The Morgan fingerprint density at radius 1 is 1.13 bits per heavy atom. The van der Waals surface area contributed by atoms with Gasteiger partial charge in [-0.25, -0.2) is 18.0 Å². The van der Waals surface area contributed by atoms with Crippen molar-refractivity contribution in [1.29, 1.82) is 0 Å². The fourth-order valence-corrected chi connectivity index (χ4v) is 3.06. The highest BCUT2D eigenvalue weighted by Crippen LogP contribution is 2.23. The molecule has 156 valence electrons. The number of aryl methyl sites for hydroxylation is 1. The van der Waals surface area contributed by atoms with Crippen LogP contribution in [0.2, 0.25) is 0 Å². The van der Waals surface area contributed by atoms with Crippen molar-refractivity contribution >= 4 is 21.9 Å². The maximum absolute atomic E-state index is 14.6. The summed E-state index contributed by atoms with van der Waals surface area (Å²) >= 11 is 3.07. The van der Waals surface area contributed by atoms with Crippen LogP contribution in [0, 0.1) is 24.4 Å². The monoisotopic (exact) mass is 482 g/mol. The molecule has 6 nitrogen and oxygen atoms in total. The van der Waals surface area contributed by atoms with E-state index in [1.807, 2.05) is 0 Å². The average molecular weight is 483 g/mol. The minimum absolute atomic E-state index is 0.0160. The molecule has 3 rings (SSSR count). The van der Waals surface area contributed by atoms with Gasteiger partial charge in [0.15, 0.2) is 0 Å². The van der Waals surface area contributed by atoms with Crippen molar-refractivity contribution in [2.45, 2.75) is 13.5 Å². The summed E-state index contributed by atoms with van der Waals surface area (Å²) in [6.45, 7) is 1.15. The molecule has 0 radical (unpaired) electrons. The van der Waals surface area contributed by atoms with Crippen LogP contribution in [-0.4, -0.2) is 22.6 Å². The van der Waals surface area contributed by atoms with E-state index >= 15 is 0 Å². The topological polar surface area (TPSA) is 70.4 Å². The quantitative estimate of drug-likeness (QED) is 0.512. The standard InChI is InChI=1S/C20H14BrF3N2O4/c1-10-25-18(30-9-12-3-5-13(22)8-14(12)23)17(21)19(27)26(10)16-6-4-11(7-15(16)24)20(28)29-2/h3-8H,9H2,1-2H3. The molecule has 0 amide bonds. The Balaban J connectivity index is 1.95. The summed E-state index contributed by atoms with van der Waals surface area (Å²) in [7, 11) is 1.17. The Bertz CT molecular complexity index is 1200. The normalized spacial score (nSPS) is 10.7. The van der Waals surface area contributed by atoms with Gasteiger partial charge in [0.1, 0.15) is 34.4 Å². The summed E-state index contributed by atoms with van der Waals surface area (Å²) in [6.07, 6.45) is 0. The molecule has 0 bridgehead atoms. The van der Waals surface area contributed by atoms with E-state index in [2.05, 4.69) is 25.7 Å². The lowest BCUT2D eigenvalue weighted by Crippen LogP contribution is -2.25. The molecule has 2 aromatic carbocycles. The molecule has 0 saturated heterocycles.